The van der Waals surface area contributed by atoms with Crippen LogP contribution in [0.1, 0.15) is 34.2 Å². The first-order chi connectivity index (χ1) is 9.84. The van der Waals surface area contributed by atoms with Crippen molar-refractivity contribution in [2.45, 2.75) is 13.1 Å². The minimum atomic E-state index is -4.62. The monoisotopic (exact) mass is 313 g/mol. The van der Waals surface area contributed by atoms with Crippen molar-refractivity contribution >= 4 is 17.4 Å². The van der Waals surface area contributed by atoms with E-state index in [-0.39, 0.29) is 11.3 Å². The Morgan fingerprint density at radius 2 is 1.95 bits per heavy atom. The van der Waals surface area contributed by atoms with Crippen molar-refractivity contribution in [2.24, 2.45) is 0 Å². The van der Waals surface area contributed by atoms with E-state index in [1.807, 2.05) is 0 Å². The second kappa shape index (κ2) is 5.81. The fourth-order valence-electron chi connectivity index (χ4n) is 1.67. The molecule has 0 atom stereocenters. The van der Waals surface area contributed by atoms with Gasteiger partial charge in [-0.3, -0.25) is 9.78 Å². The van der Waals surface area contributed by atoms with Crippen LogP contribution in [0.2, 0.25) is 5.02 Å². The third-order valence-corrected chi connectivity index (χ3v) is 3.16. The molecule has 0 bridgehead atoms. The van der Waals surface area contributed by atoms with Crippen molar-refractivity contribution in [3.05, 3.63) is 64.6 Å². The van der Waals surface area contributed by atoms with Crippen LogP contribution < -0.4 is 0 Å². The summed E-state index contributed by atoms with van der Waals surface area (Å²) >= 11 is 5.70. The van der Waals surface area contributed by atoms with E-state index in [4.69, 9.17) is 11.6 Å². The summed E-state index contributed by atoms with van der Waals surface area (Å²) in [4.78, 5) is 20.0. The van der Waals surface area contributed by atoms with Crippen LogP contribution in [0.3, 0.4) is 0 Å². The lowest BCUT2D eigenvalue weighted by atomic mass is 10.0. The standard InChI is InChI=1S/C14H9ClF3N2O/c1-2-8-6-20-11(7-19-8)13(21)9-4-3-5-10(12(9)15)14(16,17)18/h2-7H,1H3. The van der Waals surface area contributed by atoms with Gasteiger partial charge in [-0.05, 0) is 12.1 Å². The Morgan fingerprint density at radius 3 is 2.48 bits per heavy atom. The van der Waals surface area contributed by atoms with Gasteiger partial charge in [0.05, 0.1) is 22.5 Å². The summed E-state index contributed by atoms with van der Waals surface area (Å²) in [5, 5.41) is -0.636. The summed E-state index contributed by atoms with van der Waals surface area (Å²) in [6, 6.07) is 3.17. The zero-order chi connectivity index (χ0) is 15.6. The maximum Gasteiger partial charge on any atom is 0.417 e. The fourth-order valence-corrected chi connectivity index (χ4v) is 1.99. The number of halogens is 4. The molecule has 1 aromatic carbocycles. The van der Waals surface area contributed by atoms with Crippen molar-refractivity contribution in [3.63, 3.8) is 0 Å². The minimum Gasteiger partial charge on any atom is -0.287 e. The van der Waals surface area contributed by atoms with Crippen molar-refractivity contribution in [1.82, 2.24) is 9.97 Å². The molecule has 0 saturated carbocycles. The predicted octanol–water partition coefficient (Wildman–Crippen LogP) is 3.95. The van der Waals surface area contributed by atoms with Gasteiger partial charge in [0, 0.05) is 18.2 Å². The van der Waals surface area contributed by atoms with Gasteiger partial charge in [0.2, 0.25) is 5.78 Å². The molecule has 0 spiro atoms. The normalized spacial score (nSPS) is 11.5. The highest BCUT2D eigenvalue weighted by Gasteiger charge is 2.34. The van der Waals surface area contributed by atoms with Gasteiger partial charge < -0.3 is 0 Å². The lowest BCUT2D eigenvalue weighted by Crippen LogP contribution is -2.11. The van der Waals surface area contributed by atoms with Gasteiger partial charge in [-0.2, -0.15) is 13.2 Å². The molecule has 0 unspecified atom stereocenters. The van der Waals surface area contributed by atoms with Crippen molar-refractivity contribution in [1.29, 1.82) is 0 Å². The molecule has 1 aromatic heterocycles. The number of nitrogens with zero attached hydrogens (tertiary/aromatic N) is 2. The van der Waals surface area contributed by atoms with Crippen LogP contribution in [-0.4, -0.2) is 15.8 Å². The van der Waals surface area contributed by atoms with E-state index in [0.29, 0.717) is 5.69 Å². The first kappa shape index (κ1) is 15.4. The van der Waals surface area contributed by atoms with E-state index in [1.165, 1.54) is 18.5 Å². The smallest absolute Gasteiger partial charge is 0.287 e. The zero-order valence-electron chi connectivity index (χ0n) is 10.8. The summed E-state index contributed by atoms with van der Waals surface area (Å²) in [7, 11) is 0. The molecular formula is C14H9ClF3N2O. The van der Waals surface area contributed by atoms with Crippen LogP contribution in [0, 0.1) is 6.42 Å². The number of carbonyl (C=O) groups is 1. The maximum absolute atomic E-state index is 12.8. The van der Waals surface area contributed by atoms with E-state index < -0.39 is 22.5 Å². The molecule has 0 aliphatic rings. The molecule has 0 aliphatic carbocycles. The number of ketones is 1. The first-order valence-electron chi connectivity index (χ1n) is 5.86. The molecule has 0 N–H and O–H groups in total. The molecular weight excluding hydrogens is 305 g/mol. The number of alkyl halides is 3. The van der Waals surface area contributed by atoms with Crippen LogP contribution in [0.5, 0.6) is 0 Å². The average Bonchev–Trinajstić information content (AvgIpc) is 2.45. The van der Waals surface area contributed by atoms with E-state index in [0.717, 1.165) is 12.1 Å². The van der Waals surface area contributed by atoms with Crippen LogP contribution in [0.25, 0.3) is 0 Å². The summed E-state index contributed by atoms with van der Waals surface area (Å²) in [6.07, 6.45) is -0.387. The third-order valence-electron chi connectivity index (χ3n) is 2.75. The highest BCUT2D eigenvalue weighted by molar-refractivity contribution is 6.35. The lowest BCUT2D eigenvalue weighted by Gasteiger charge is -2.11. The maximum atomic E-state index is 12.8. The van der Waals surface area contributed by atoms with E-state index in [2.05, 4.69) is 9.97 Å². The molecule has 21 heavy (non-hydrogen) atoms. The second-order valence-corrected chi connectivity index (χ2v) is 4.49. The van der Waals surface area contributed by atoms with Gasteiger partial charge in [0.15, 0.2) is 0 Å². The summed E-state index contributed by atoms with van der Waals surface area (Å²) in [6.45, 7) is 1.75. The van der Waals surface area contributed by atoms with E-state index >= 15 is 0 Å². The topological polar surface area (TPSA) is 42.9 Å². The Hall–Kier alpha value is -1.95. The molecule has 0 fully saturated rings. The van der Waals surface area contributed by atoms with Gasteiger partial charge in [-0.15, -0.1) is 0 Å². The summed E-state index contributed by atoms with van der Waals surface area (Å²) in [5.41, 5.74) is -0.820. The third kappa shape index (κ3) is 3.21. The van der Waals surface area contributed by atoms with Crippen molar-refractivity contribution in [3.8, 4) is 0 Å². The quantitative estimate of drug-likeness (QED) is 0.806. The molecule has 1 radical (unpaired) electrons. The number of rotatable bonds is 3. The fraction of sp³-hybridized carbons (Fsp3) is 0.143. The minimum absolute atomic E-state index is 0.0678. The largest absolute Gasteiger partial charge is 0.417 e. The number of hydrogen-bond donors (Lipinski definition) is 0. The zero-order valence-corrected chi connectivity index (χ0v) is 11.5. The Labute approximate surface area is 123 Å². The molecule has 7 heteroatoms. The molecule has 1 heterocycles. The Kier molecular flexibility index (Phi) is 4.27. The Morgan fingerprint density at radius 1 is 1.24 bits per heavy atom. The van der Waals surface area contributed by atoms with Crippen molar-refractivity contribution < 1.29 is 18.0 Å². The molecule has 3 nitrogen and oxygen atoms in total. The predicted molar refractivity (Wildman–Crippen MR) is 71.0 cm³/mol. The summed E-state index contributed by atoms with van der Waals surface area (Å²) < 4.78 is 38.3. The highest BCUT2D eigenvalue weighted by Crippen LogP contribution is 2.36. The molecule has 0 amide bonds. The first-order valence-corrected chi connectivity index (χ1v) is 6.24. The number of aromatic nitrogens is 2. The van der Waals surface area contributed by atoms with Gasteiger partial charge in [-0.25, -0.2) is 4.98 Å². The second-order valence-electron chi connectivity index (χ2n) is 4.11. The molecule has 109 valence electrons. The van der Waals surface area contributed by atoms with Gasteiger partial charge in [0.1, 0.15) is 5.69 Å². The lowest BCUT2D eigenvalue weighted by molar-refractivity contribution is -0.137. The van der Waals surface area contributed by atoms with Crippen LogP contribution in [0.15, 0.2) is 30.6 Å². The highest BCUT2D eigenvalue weighted by atomic mass is 35.5. The number of carbonyl (C=O) groups excluding carboxylic acids is 1. The van der Waals surface area contributed by atoms with E-state index in [9.17, 15) is 18.0 Å². The Balaban J connectivity index is 2.44. The number of benzene rings is 1. The van der Waals surface area contributed by atoms with Crippen LogP contribution >= 0.6 is 11.6 Å². The van der Waals surface area contributed by atoms with Gasteiger partial charge in [0.25, 0.3) is 0 Å². The Bertz CT molecular complexity index is 669. The SMILES string of the molecule is C[CH]c1cnc(C(=O)c2cccc(C(F)(F)F)c2Cl)cn1. The van der Waals surface area contributed by atoms with Crippen molar-refractivity contribution in [2.75, 3.05) is 0 Å². The molecule has 2 rings (SSSR count). The van der Waals surface area contributed by atoms with Crippen LogP contribution in [0.4, 0.5) is 13.2 Å². The van der Waals surface area contributed by atoms with E-state index in [1.54, 1.807) is 13.3 Å². The molecule has 2 aromatic rings. The van der Waals surface area contributed by atoms with Gasteiger partial charge >= 0.3 is 6.18 Å². The average molecular weight is 314 g/mol. The summed E-state index contributed by atoms with van der Waals surface area (Å²) in [5.74, 6) is -0.707. The number of hydrogen-bond acceptors (Lipinski definition) is 3. The molecule has 0 saturated heterocycles. The molecule has 0 aliphatic heterocycles. The van der Waals surface area contributed by atoms with Crippen LogP contribution in [-0.2, 0) is 6.18 Å². The van der Waals surface area contributed by atoms with Gasteiger partial charge in [-0.1, -0.05) is 24.6 Å².